The minimum atomic E-state index is -1.14. The summed E-state index contributed by atoms with van der Waals surface area (Å²) in [5.41, 5.74) is -0.228. The van der Waals surface area contributed by atoms with Crippen LogP contribution in [0.5, 0.6) is 0 Å². The standard InChI is InChI=1S/C24H30FNO3/c1-3-12-24(27,13-4-2)23-11-10-22(29-23)18-26(17-21-9-6-14-28-21)16-19-7-5-8-20(25)15-19/h3-5,7-8,10-11,15,21,27H,1-2,6,9,12-14,16-18H2. The first-order chi connectivity index (χ1) is 14.0. The van der Waals surface area contributed by atoms with Crippen LogP contribution in [0.4, 0.5) is 4.39 Å². The Hall–Kier alpha value is -2.21. The maximum atomic E-state index is 13.6. The summed E-state index contributed by atoms with van der Waals surface area (Å²) in [6.07, 6.45) is 6.40. The van der Waals surface area contributed by atoms with Crippen molar-refractivity contribution in [3.05, 3.63) is 84.6 Å². The molecule has 3 rings (SSSR count). The number of rotatable bonds is 11. The lowest BCUT2D eigenvalue weighted by molar-refractivity contribution is 0.0177. The van der Waals surface area contributed by atoms with Crippen LogP contribution in [-0.2, 0) is 23.4 Å². The van der Waals surface area contributed by atoms with Crippen LogP contribution >= 0.6 is 0 Å². The van der Waals surface area contributed by atoms with E-state index in [0.29, 0.717) is 31.7 Å². The summed E-state index contributed by atoms with van der Waals surface area (Å²) in [6, 6.07) is 10.4. The second-order valence-electron chi connectivity index (χ2n) is 7.72. The zero-order chi connectivity index (χ0) is 20.7. The van der Waals surface area contributed by atoms with E-state index in [1.54, 1.807) is 24.3 Å². The van der Waals surface area contributed by atoms with E-state index in [0.717, 1.165) is 37.3 Å². The fourth-order valence-electron chi connectivity index (χ4n) is 3.85. The maximum absolute atomic E-state index is 13.6. The van der Waals surface area contributed by atoms with Gasteiger partial charge in [-0.05, 0) is 42.7 Å². The summed E-state index contributed by atoms with van der Waals surface area (Å²) in [5, 5.41) is 10.9. The highest BCUT2D eigenvalue weighted by Crippen LogP contribution is 2.31. The van der Waals surface area contributed by atoms with Gasteiger partial charge in [0.1, 0.15) is 22.9 Å². The molecule has 5 heteroatoms. The van der Waals surface area contributed by atoms with Gasteiger partial charge in [0.15, 0.2) is 0 Å². The minimum Gasteiger partial charge on any atom is -0.462 e. The molecule has 0 radical (unpaired) electrons. The molecule has 2 aromatic rings. The fourth-order valence-corrected chi connectivity index (χ4v) is 3.85. The lowest BCUT2D eigenvalue weighted by Gasteiger charge is -2.25. The molecular weight excluding hydrogens is 369 g/mol. The Kier molecular flexibility index (Phi) is 7.42. The topological polar surface area (TPSA) is 45.8 Å². The number of benzene rings is 1. The Morgan fingerprint density at radius 1 is 1.17 bits per heavy atom. The summed E-state index contributed by atoms with van der Waals surface area (Å²) in [7, 11) is 0. The highest BCUT2D eigenvalue weighted by atomic mass is 19.1. The van der Waals surface area contributed by atoms with Crippen molar-refractivity contribution in [3.8, 4) is 0 Å². The van der Waals surface area contributed by atoms with Gasteiger partial charge >= 0.3 is 0 Å². The summed E-state index contributed by atoms with van der Waals surface area (Å²) >= 11 is 0. The van der Waals surface area contributed by atoms with E-state index < -0.39 is 5.60 Å². The molecule has 1 aliphatic heterocycles. The molecule has 1 fully saturated rings. The Balaban J connectivity index is 1.75. The number of hydrogen-bond acceptors (Lipinski definition) is 4. The van der Waals surface area contributed by atoms with Gasteiger partial charge in [0.25, 0.3) is 0 Å². The van der Waals surface area contributed by atoms with Crippen LogP contribution in [0.2, 0.25) is 0 Å². The third-order valence-corrected chi connectivity index (χ3v) is 5.24. The van der Waals surface area contributed by atoms with Gasteiger partial charge in [-0.25, -0.2) is 4.39 Å². The lowest BCUT2D eigenvalue weighted by atomic mass is 9.93. The molecule has 0 amide bonds. The average Bonchev–Trinajstić information content (AvgIpc) is 3.34. The van der Waals surface area contributed by atoms with E-state index in [1.165, 1.54) is 6.07 Å². The van der Waals surface area contributed by atoms with Crippen molar-refractivity contribution >= 4 is 0 Å². The zero-order valence-corrected chi connectivity index (χ0v) is 16.9. The van der Waals surface area contributed by atoms with E-state index in [4.69, 9.17) is 9.15 Å². The van der Waals surface area contributed by atoms with Crippen molar-refractivity contribution in [2.24, 2.45) is 0 Å². The molecule has 0 saturated carbocycles. The second-order valence-corrected chi connectivity index (χ2v) is 7.72. The zero-order valence-electron chi connectivity index (χ0n) is 16.9. The first-order valence-electron chi connectivity index (χ1n) is 10.1. The van der Waals surface area contributed by atoms with Crippen molar-refractivity contribution in [1.29, 1.82) is 0 Å². The van der Waals surface area contributed by atoms with Gasteiger partial charge in [-0.1, -0.05) is 24.3 Å². The van der Waals surface area contributed by atoms with Crippen LogP contribution in [0.3, 0.4) is 0 Å². The Labute approximate surface area is 172 Å². The first-order valence-corrected chi connectivity index (χ1v) is 10.1. The molecule has 1 N–H and O–H groups in total. The Morgan fingerprint density at radius 3 is 2.62 bits per heavy atom. The Morgan fingerprint density at radius 2 is 1.97 bits per heavy atom. The van der Waals surface area contributed by atoms with Crippen LogP contribution in [0, 0.1) is 5.82 Å². The molecule has 0 spiro atoms. The van der Waals surface area contributed by atoms with Gasteiger partial charge in [0.05, 0.1) is 12.6 Å². The third kappa shape index (κ3) is 5.89. The molecule has 0 bridgehead atoms. The largest absolute Gasteiger partial charge is 0.462 e. The minimum absolute atomic E-state index is 0.177. The molecule has 0 aliphatic carbocycles. The van der Waals surface area contributed by atoms with E-state index >= 15 is 0 Å². The van der Waals surface area contributed by atoms with E-state index in [9.17, 15) is 9.50 Å². The van der Waals surface area contributed by atoms with Gasteiger partial charge in [-0.3, -0.25) is 4.90 Å². The number of halogens is 1. The number of nitrogens with zero attached hydrogens (tertiary/aromatic N) is 1. The number of hydrogen-bond donors (Lipinski definition) is 1. The summed E-state index contributed by atoms with van der Waals surface area (Å²) in [5.74, 6) is 1.02. The molecule has 1 aliphatic rings. The summed E-state index contributed by atoms with van der Waals surface area (Å²) in [6.45, 7) is 10.1. The van der Waals surface area contributed by atoms with Crippen molar-refractivity contribution < 1.29 is 18.7 Å². The van der Waals surface area contributed by atoms with Gasteiger partial charge in [0.2, 0.25) is 0 Å². The van der Waals surface area contributed by atoms with Crippen molar-refractivity contribution in [2.45, 2.75) is 50.5 Å². The Bertz CT molecular complexity index is 800. The molecule has 4 nitrogen and oxygen atoms in total. The normalized spacial score (nSPS) is 17.0. The van der Waals surface area contributed by atoms with Gasteiger partial charge in [-0.15, -0.1) is 13.2 Å². The third-order valence-electron chi connectivity index (χ3n) is 5.24. The van der Waals surface area contributed by atoms with Gasteiger partial charge in [-0.2, -0.15) is 0 Å². The van der Waals surface area contributed by atoms with Crippen LogP contribution in [0.25, 0.3) is 0 Å². The van der Waals surface area contributed by atoms with Gasteiger partial charge < -0.3 is 14.3 Å². The van der Waals surface area contributed by atoms with E-state index in [1.807, 2.05) is 18.2 Å². The van der Waals surface area contributed by atoms with Crippen LogP contribution in [0.15, 0.2) is 66.1 Å². The SMILES string of the molecule is C=CCC(O)(CC=C)c1ccc(CN(Cc2cccc(F)c2)CC2CCCO2)o1. The quantitative estimate of drug-likeness (QED) is 0.544. The first kappa shape index (κ1) is 21.5. The molecule has 2 heterocycles. The van der Waals surface area contributed by atoms with E-state index in [2.05, 4.69) is 18.1 Å². The van der Waals surface area contributed by atoms with Crippen molar-refractivity contribution in [3.63, 3.8) is 0 Å². The van der Waals surface area contributed by atoms with Crippen LogP contribution in [0.1, 0.15) is 42.8 Å². The molecule has 1 saturated heterocycles. The highest BCUT2D eigenvalue weighted by Gasteiger charge is 2.30. The second kappa shape index (κ2) is 10.0. The predicted molar refractivity (Wildman–Crippen MR) is 112 cm³/mol. The highest BCUT2D eigenvalue weighted by molar-refractivity contribution is 5.18. The predicted octanol–water partition coefficient (Wildman–Crippen LogP) is 4.94. The van der Waals surface area contributed by atoms with Crippen molar-refractivity contribution in [2.75, 3.05) is 13.2 Å². The van der Waals surface area contributed by atoms with Crippen LogP contribution in [-0.4, -0.2) is 29.3 Å². The number of ether oxygens (including phenoxy) is 1. The number of aliphatic hydroxyl groups is 1. The summed E-state index contributed by atoms with van der Waals surface area (Å²) in [4.78, 5) is 2.20. The fraction of sp³-hybridized carbons (Fsp3) is 0.417. The molecule has 29 heavy (non-hydrogen) atoms. The average molecular weight is 400 g/mol. The maximum Gasteiger partial charge on any atom is 0.136 e. The molecular formula is C24H30FNO3. The lowest BCUT2D eigenvalue weighted by Crippen LogP contribution is -2.31. The monoisotopic (exact) mass is 399 g/mol. The molecule has 156 valence electrons. The molecule has 1 unspecified atom stereocenters. The van der Waals surface area contributed by atoms with Gasteiger partial charge in [0, 0.05) is 32.5 Å². The van der Waals surface area contributed by atoms with Crippen LogP contribution < -0.4 is 0 Å². The van der Waals surface area contributed by atoms with E-state index in [-0.39, 0.29) is 11.9 Å². The van der Waals surface area contributed by atoms with Crippen molar-refractivity contribution in [1.82, 2.24) is 4.90 Å². The number of furan rings is 1. The molecule has 1 atom stereocenters. The smallest absolute Gasteiger partial charge is 0.136 e. The summed E-state index contributed by atoms with van der Waals surface area (Å²) < 4.78 is 25.4. The molecule has 1 aromatic carbocycles. The molecule has 1 aromatic heterocycles.